The summed E-state index contributed by atoms with van der Waals surface area (Å²) < 4.78 is 5.18. The van der Waals surface area contributed by atoms with Gasteiger partial charge in [-0.25, -0.2) is 4.79 Å². The summed E-state index contributed by atoms with van der Waals surface area (Å²) >= 11 is 0. The average Bonchev–Trinajstić information content (AvgIpc) is 2.34. The van der Waals surface area contributed by atoms with E-state index in [-0.39, 0.29) is 11.8 Å². The van der Waals surface area contributed by atoms with Crippen LogP contribution in [0.3, 0.4) is 0 Å². The minimum absolute atomic E-state index is 0.123. The Bertz CT molecular complexity index is 414. The number of amides is 2. The van der Waals surface area contributed by atoms with Crippen LogP contribution in [0.15, 0.2) is 18.2 Å². The number of carbonyl (C=O) groups excluding carboxylic acids is 1. The van der Waals surface area contributed by atoms with E-state index in [4.69, 9.17) is 4.74 Å². The number of urea groups is 1. The van der Waals surface area contributed by atoms with Gasteiger partial charge in [0.05, 0.1) is 13.2 Å². The number of nitrogens with zero attached hydrogens (tertiary/aromatic N) is 1. The minimum Gasteiger partial charge on any atom is -0.508 e. The van der Waals surface area contributed by atoms with Crippen molar-refractivity contribution in [3.05, 3.63) is 23.8 Å². The van der Waals surface area contributed by atoms with Gasteiger partial charge in [-0.3, -0.25) is 0 Å². The predicted octanol–water partition coefficient (Wildman–Crippen LogP) is 1.56. The van der Waals surface area contributed by atoms with Gasteiger partial charge in [0, 0.05) is 18.8 Å². The third kappa shape index (κ3) is 2.88. The molecule has 2 rings (SSSR count). The summed E-state index contributed by atoms with van der Waals surface area (Å²) in [7, 11) is 0. The van der Waals surface area contributed by atoms with Crippen LogP contribution in [0, 0.1) is 6.92 Å². The number of benzene rings is 1. The molecule has 0 radical (unpaired) electrons. The highest BCUT2D eigenvalue weighted by Gasteiger charge is 2.17. The molecule has 5 heteroatoms. The molecule has 2 amide bonds. The molecule has 2 N–H and O–H groups in total. The molecule has 0 bridgehead atoms. The molecule has 1 aromatic rings. The number of ether oxygens (including phenoxy) is 1. The first-order valence-electron chi connectivity index (χ1n) is 5.60. The van der Waals surface area contributed by atoms with Gasteiger partial charge in [-0.05, 0) is 30.7 Å². The zero-order chi connectivity index (χ0) is 12.3. The third-order valence-corrected chi connectivity index (χ3v) is 2.75. The summed E-state index contributed by atoms with van der Waals surface area (Å²) in [5.74, 6) is 0.201. The third-order valence-electron chi connectivity index (χ3n) is 2.75. The van der Waals surface area contributed by atoms with E-state index in [2.05, 4.69) is 5.32 Å². The van der Waals surface area contributed by atoms with Crippen LogP contribution in [0.25, 0.3) is 0 Å². The second kappa shape index (κ2) is 5.05. The Labute approximate surface area is 100.0 Å². The molecule has 1 fully saturated rings. The first-order chi connectivity index (χ1) is 8.16. The highest BCUT2D eigenvalue weighted by molar-refractivity contribution is 5.90. The van der Waals surface area contributed by atoms with Crippen LogP contribution in [0.4, 0.5) is 10.5 Å². The van der Waals surface area contributed by atoms with E-state index < -0.39 is 0 Å². The molecule has 0 unspecified atom stereocenters. The fraction of sp³-hybridized carbons (Fsp3) is 0.417. The van der Waals surface area contributed by atoms with Crippen molar-refractivity contribution in [1.29, 1.82) is 0 Å². The zero-order valence-corrected chi connectivity index (χ0v) is 9.77. The Kier molecular flexibility index (Phi) is 3.49. The maximum Gasteiger partial charge on any atom is 0.322 e. The van der Waals surface area contributed by atoms with Crippen molar-refractivity contribution in [1.82, 2.24) is 4.90 Å². The van der Waals surface area contributed by atoms with Crippen LogP contribution in [0.2, 0.25) is 0 Å². The monoisotopic (exact) mass is 236 g/mol. The summed E-state index contributed by atoms with van der Waals surface area (Å²) in [5.41, 5.74) is 1.56. The molecule has 0 saturated carbocycles. The molecule has 1 heterocycles. The fourth-order valence-electron chi connectivity index (χ4n) is 1.75. The van der Waals surface area contributed by atoms with Crippen LogP contribution in [-0.4, -0.2) is 42.3 Å². The van der Waals surface area contributed by atoms with Gasteiger partial charge in [-0.1, -0.05) is 0 Å². The van der Waals surface area contributed by atoms with Gasteiger partial charge in [0.15, 0.2) is 0 Å². The van der Waals surface area contributed by atoms with E-state index in [0.29, 0.717) is 26.3 Å². The van der Waals surface area contributed by atoms with Crippen molar-refractivity contribution < 1.29 is 14.6 Å². The van der Waals surface area contributed by atoms with E-state index in [0.717, 1.165) is 11.3 Å². The Morgan fingerprint density at radius 2 is 2.12 bits per heavy atom. The van der Waals surface area contributed by atoms with Crippen molar-refractivity contribution in [2.24, 2.45) is 0 Å². The van der Waals surface area contributed by atoms with Crippen molar-refractivity contribution in [3.63, 3.8) is 0 Å². The first-order valence-corrected chi connectivity index (χ1v) is 5.60. The standard InChI is InChI=1S/C12H16N2O3/c1-9-8-10(15)2-3-11(9)13-12(16)14-4-6-17-7-5-14/h2-3,8,15H,4-7H2,1H3,(H,13,16). The molecule has 1 aliphatic heterocycles. The fourth-order valence-corrected chi connectivity index (χ4v) is 1.75. The smallest absolute Gasteiger partial charge is 0.322 e. The van der Waals surface area contributed by atoms with E-state index in [9.17, 15) is 9.90 Å². The normalized spacial score (nSPS) is 15.7. The highest BCUT2D eigenvalue weighted by atomic mass is 16.5. The molecule has 1 aliphatic rings. The number of phenols is 1. The Balaban J connectivity index is 2.02. The molecule has 1 saturated heterocycles. The van der Waals surface area contributed by atoms with Crippen molar-refractivity contribution in [2.45, 2.75) is 6.92 Å². The van der Waals surface area contributed by atoms with Gasteiger partial charge < -0.3 is 20.1 Å². The number of hydrogen-bond acceptors (Lipinski definition) is 3. The van der Waals surface area contributed by atoms with Crippen LogP contribution in [0.5, 0.6) is 5.75 Å². The highest BCUT2D eigenvalue weighted by Crippen LogP contribution is 2.20. The van der Waals surface area contributed by atoms with Crippen molar-refractivity contribution >= 4 is 11.7 Å². The van der Waals surface area contributed by atoms with Crippen LogP contribution in [0.1, 0.15) is 5.56 Å². The molecule has 1 aromatic carbocycles. The zero-order valence-electron chi connectivity index (χ0n) is 9.77. The first kappa shape index (κ1) is 11.7. The van der Waals surface area contributed by atoms with Gasteiger partial charge in [0.25, 0.3) is 0 Å². The lowest BCUT2D eigenvalue weighted by molar-refractivity contribution is 0.0564. The van der Waals surface area contributed by atoms with Crippen LogP contribution in [-0.2, 0) is 4.74 Å². The number of carbonyl (C=O) groups is 1. The second-order valence-corrected chi connectivity index (χ2v) is 4.03. The van der Waals surface area contributed by atoms with Gasteiger partial charge in [-0.2, -0.15) is 0 Å². The lowest BCUT2D eigenvalue weighted by atomic mass is 10.2. The summed E-state index contributed by atoms with van der Waals surface area (Å²) in [6.07, 6.45) is 0. The van der Waals surface area contributed by atoms with Crippen LogP contribution < -0.4 is 5.32 Å². The van der Waals surface area contributed by atoms with E-state index in [1.807, 2.05) is 6.92 Å². The Hall–Kier alpha value is -1.75. The molecule has 5 nitrogen and oxygen atoms in total. The Morgan fingerprint density at radius 3 is 2.76 bits per heavy atom. The number of anilines is 1. The molecular weight excluding hydrogens is 220 g/mol. The van der Waals surface area contributed by atoms with E-state index in [1.165, 1.54) is 0 Å². The summed E-state index contributed by atoms with van der Waals surface area (Å²) in [6.45, 7) is 4.24. The molecule has 0 spiro atoms. The number of phenolic OH excluding ortho intramolecular Hbond substituents is 1. The van der Waals surface area contributed by atoms with Crippen LogP contribution >= 0.6 is 0 Å². The van der Waals surface area contributed by atoms with Gasteiger partial charge >= 0.3 is 6.03 Å². The lowest BCUT2D eigenvalue weighted by Crippen LogP contribution is -2.43. The summed E-state index contributed by atoms with van der Waals surface area (Å²) in [6, 6.07) is 4.75. The molecule has 0 aliphatic carbocycles. The van der Waals surface area contributed by atoms with Crippen molar-refractivity contribution in [2.75, 3.05) is 31.6 Å². The maximum absolute atomic E-state index is 11.9. The van der Waals surface area contributed by atoms with Gasteiger partial charge in [0.1, 0.15) is 5.75 Å². The molecule has 0 atom stereocenters. The second-order valence-electron chi connectivity index (χ2n) is 4.03. The quantitative estimate of drug-likeness (QED) is 0.727. The number of rotatable bonds is 1. The van der Waals surface area contributed by atoms with Crippen molar-refractivity contribution in [3.8, 4) is 5.75 Å². The van der Waals surface area contributed by atoms with Gasteiger partial charge in [0.2, 0.25) is 0 Å². The van der Waals surface area contributed by atoms with E-state index >= 15 is 0 Å². The molecular formula is C12H16N2O3. The summed E-state index contributed by atoms with van der Waals surface area (Å²) in [4.78, 5) is 13.6. The Morgan fingerprint density at radius 1 is 1.41 bits per heavy atom. The average molecular weight is 236 g/mol. The SMILES string of the molecule is Cc1cc(O)ccc1NC(=O)N1CCOCC1. The summed E-state index contributed by atoms with van der Waals surface area (Å²) in [5, 5.41) is 12.1. The molecule has 92 valence electrons. The van der Waals surface area contributed by atoms with Gasteiger partial charge in [-0.15, -0.1) is 0 Å². The molecule has 17 heavy (non-hydrogen) atoms. The number of morpholine rings is 1. The lowest BCUT2D eigenvalue weighted by Gasteiger charge is -2.27. The predicted molar refractivity (Wildman–Crippen MR) is 64.3 cm³/mol. The number of aryl methyl sites for hydroxylation is 1. The number of hydrogen-bond donors (Lipinski definition) is 2. The largest absolute Gasteiger partial charge is 0.508 e. The maximum atomic E-state index is 11.9. The minimum atomic E-state index is -0.123. The van der Waals surface area contributed by atoms with E-state index in [1.54, 1.807) is 23.1 Å². The topological polar surface area (TPSA) is 61.8 Å². The number of nitrogens with one attached hydrogen (secondary N) is 1. The number of aromatic hydroxyl groups is 1. The molecule has 0 aromatic heterocycles.